The van der Waals surface area contributed by atoms with Crippen LogP contribution in [-0.2, 0) is 18.9 Å². The fourth-order valence-corrected chi connectivity index (χ4v) is 4.60. The van der Waals surface area contributed by atoms with Crippen molar-refractivity contribution in [2.75, 3.05) is 105 Å². The second-order valence-electron chi connectivity index (χ2n) is 10.5. The summed E-state index contributed by atoms with van der Waals surface area (Å²) in [5.74, 6) is 0. The lowest BCUT2D eigenvalue weighted by Gasteiger charge is -2.34. The van der Waals surface area contributed by atoms with Gasteiger partial charge in [-0.2, -0.15) is 0 Å². The average Bonchev–Trinajstić information content (AvgIpc) is 2.87. The van der Waals surface area contributed by atoms with Crippen molar-refractivity contribution in [2.45, 2.75) is 71.6 Å². The summed E-state index contributed by atoms with van der Waals surface area (Å²) in [5.41, 5.74) is -0.105. The maximum absolute atomic E-state index is 10.2. The van der Waals surface area contributed by atoms with Gasteiger partial charge in [-0.05, 0) is 6.42 Å². The quantitative estimate of drug-likeness (QED) is 0.339. The van der Waals surface area contributed by atoms with Gasteiger partial charge in [0.15, 0.2) is 0 Å². The van der Waals surface area contributed by atoms with Crippen LogP contribution in [0.3, 0.4) is 0 Å². The number of nitrogens with zero attached hydrogens (tertiary/aromatic N) is 2. The number of hydrogen-bond donors (Lipinski definition) is 2. The first-order chi connectivity index (χ1) is 17.6. The number of aliphatic hydroxyl groups is 2. The molecule has 0 aromatic carbocycles. The summed E-state index contributed by atoms with van der Waals surface area (Å²) in [6, 6.07) is 0. The largest absolute Gasteiger partial charge is 0.396 e. The van der Waals surface area contributed by atoms with Crippen LogP contribution in [0.15, 0.2) is 0 Å². The van der Waals surface area contributed by atoms with Crippen molar-refractivity contribution < 1.29 is 29.2 Å². The Labute approximate surface area is 221 Å². The molecule has 1 fully saturated rings. The Bertz CT molecular complexity index is 453. The van der Waals surface area contributed by atoms with Crippen LogP contribution in [0.2, 0.25) is 0 Å². The SMILES string of the molecule is CCCCCCCCCCC(C)(CO)CN1CCOCCOCCN(CCO)CCOCCOCC1. The molecule has 36 heavy (non-hydrogen) atoms. The third-order valence-corrected chi connectivity index (χ3v) is 6.99. The Balaban J connectivity index is 2.42. The molecule has 0 aromatic rings. The monoisotopic (exact) mass is 518 g/mol. The van der Waals surface area contributed by atoms with Crippen LogP contribution in [-0.4, -0.2) is 125 Å². The highest BCUT2D eigenvalue weighted by Crippen LogP contribution is 2.26. The second kappa shape index (κ2) is 23.8. The van der Waals surface area contributed by atoms with Crippen molar-refractivity contribution in [1.82, 2.24) is 9.80 Å². The molecule has 1 atom stereocenters. The molecule has 0 spiro atoms. The second-order valence-corrected chi connectivity index (χ2v) is 10.5. The van der Waals surface area contributed by atoms with Gasteiger partial charge in [-0.25, -0.2) is 0 Å². The van der Waals surface area contributed by atoms with Crippen molar-refractivity contribution in [3.63, 3.8) is 0 Å². The molecule has 2 N–H and O–H groups in total. The van der Waals surface area contributed by atoms with Gasteiger partial charge in [0.25, 0.3) is 0 Å². The van der Waals surface area contributed by atoms with Gasteiger partial charge in [0, 0.05) is 51.3 Å². The van der Waals surface area contributed by atoms with Crippen LogP contribution < -0.4 is 0 Å². The van der Waals surface area contributed by atoms with E-state index in [4.69, 9.17) is 18.9 Å². The van der Waals surface area contributed by atoms with Crippen LogP contribution in [0.5, 0.6) is 0 Å². The minimum atomic E-state index is -0.105. The summed E-state index contributed by atoms with van der Waals surface area (Å²) < 4.78 is 23.1. The van der Waals surface area contributed by atoms with E-state index < -0.39 is 0 Å². The first-order valence-electron chi connectivity index (χ1n) is 14.6. The molecule has 0 aliphatic carbocycles. The van der Waals surface area contributed by atoms with Crippen molar-refractivity contribution in [2.24, 2.45) is 5.41 Å². The van der Waals surface area contributed by atoms with E-state index in [1.807, 2.05) is 0 Å². The van der Waals surface area contributed by atoms with E-state index in [-0.39, 0.29) is 18.6 Å². The highest BCUT2D eigenvalue weighted by molar-refractivity contribution is 4.78. The summed E-state index contributed by atoms with van der Waals surface area (Å²) >= 11 is 0. The van der Waals surface area contributed by atoms with E-state index in [0.29, 0.717) is 59.4 Å². The molecule has 1 saturated heterocycles. The molecule has 1 aliphatic rings. The van der Waals surface area contributed by atoms with Gasteiger partial charge in [-0.1, -0.05) is 65.2 Å². The van der Waals surface area contributed by atoms with E-state index >= 15 is 0 Å². The third kappa shape index (κ3) is 18.9. The normalized spacial score (nSPS) is 21.0. The molecule has 0 amide bonds. The molecule has 1 unspecified atom stereocenters. The van der Waals surface area contributed by atoms with Crippen molar-refractivity contribution in [3.05, 3.63) is 0 Å². The topological polar surface area (TPSA) is 83.9 Å². The minimum Gasteiger partial charge on any atom is -0.396 e. The fraction of sp³-hybridized carbons (Fsp3) is 1.00. The molecular weight excluding hydrogens is 460 g/mol. The van der Waals surface area contributed by atoms with Crippen LogP contribution >= 0.6 is 0 Å². The standard InChI is InChI=1S/C28H58N2O6/c1-3-4-5-6-7-8-9-10-11-28(2,27-32)26-30-15-20-35-24-22-33-18-13-29(12-17-31)14-19-34-23-25-36-21-16-30/h31-32H,3-27H2,1-2H3. The summed E-state index contributed by atoms with van der Waals surface area (Å²) in [6.07, 6.45) is 11.5. The van der Waals surface area contributed by atoms with Gasteiger partial charge in [-0.15, -0.1) is 0 Å². The summed E-state index contributed by atoms with van der Waals surface area (Å²) in [7, 11) is 0. The lowest BCUT2D eigenvalue weighted by molar-refractivity contribution is -0.00277. The molecule has 0 bridgehead atoms. The summed E-state index contributed by atoms with van der Waals surface area (Å²) in [5, 5.41) is 19.5. The first kappa shape index (κ1) is 33.7. The molecule has 8 heteroatoms. The first-order valence-corrected chi connectivity index (χ1v) is 14.6. The average molecular weight is 519 g/mol. The van der Waals surface area contributed by atoms with Gasteiger partial charge in [0.1, 0.15) is 0 Å². The Morgan fingerprint density at radius 2 is 1.06 bits per heavy atom. The maximum Gasteiger partial charge on any atom is 0.0701 e. The Morgan fingerprint density at radius 1 is 0.611 bits per heavy atom. The van der Waals surface area contributed by atoms with Crippen molar-refractivity contribution in [1.29, 1.82) is 0 Å². The zero-order valence-corrected chi connectivity index (χ0v) is 23.6. The molecule has 0 aromatic heterocycles. The number of ether oxygens (including phenoxy) is 4. The van der Waals surface area contributed by atoms with Crippen LogP contribution in [0, 0.1) is 5.41 Å². The Hall–Kier alpha value is -0.320. The number of aliphatic hydroxyl groups excluding tert-OH is 2. The van der Waals surface area contributed by atoms with Gasteiger partial charge in [0.05, 0.1) is 59.5 Å². The van der Waals surface area contributed by atoms with Crippen molar-refractivity contribution in [3.8, 4) is 0 Å². The zero-order valence-electron chi connectivity index (χ0n) is 23.6. The van der Waals surface area contributed by atoms with Gasteiger partial charge in [-0.3, -0.25) is 9.80 Å². The fourth-order valence-electron chi connectivity index (χ4n) is 4.60. The van der Waals surface area contributed by atoms with Crippen LogP contribution in [0.25, 0.3) is 0 Å². The van der Waals surface area contributed by atoms with Crippen LogP contribution in [0.1, 0.15) is 71.6 Å². The van der Waals surface area contributed by atoms with Gasteiger partial charge < -0.3 is 29.2 Å². The molecule has 8 nitrogen and oxygen atoms in total. The Kier molecular flexibility index (Phi) is 22.3. The summed E-state index contributed by atoms with van der Waals surface area (Å²) in [4.78, 5) is 4.52. The molecule has 1 aliphatic heterocycles. The smallest absolute Gasteiger partial charge is 0.0701 e. The molecular formula is C28H58N2O6. The predicted octanol–water partition coefficient (Wildman–Crippen LogP) is 3.19. The lowest BCUT2D eigenvalue weighted by atomic mass is 9.84. The third-order valence-electron chi connectivity index (χ3n) is 6.99. The predicted molar refractivity (Wildman–Crippen MR) is 146 cm³/mol. The number of hydrogen-bond acceptors (Lipinski definition) is 8. The lowest BCUT2D eigenvalue weighted by Crippen LogP contribution is -2.41. The van der Waals surface area contributed by atoms with E-state index in [2.05, 4.69) is 23.6 Å². The molecule has 216 valence electrons. The summed E-state index contributed by atoms with van der Waals surface area (Å²) in [6.45, 7) is 14.3. The Morgan fingerprint density at radius 3 is 1.50 bits per heavy atom. The molecule has 0 saturated carbocycles. The van der Waals surface area contributed by atoms with E-state index in [1.54, 1.807) is 0 Å². The highest BCUT2D eigenvalue weighted by Gasteiger charge is 2.26. The molecule has 1 rings (SSSR count). The number of rotatable bonds is 14. The van der Waals surface area contributed by atoms with E-state index in [1.165, 1.54) is 51.4 Å². The number of β-amino-alcohol motifs (C(OH)–C–C–N with tert-alkyl or cyclic N) is 1. The zero-order chi connectivity index (χ0) is 26.2. The van der Waals surface area contributed by atoms with Crippen LogP contribution in [0.4, 0.5) is 0 Å². The number of unbranched alkanes of at least 4 members (excludes halogenated alkanes) is 7. The maximum atomic E-state index is 10.2. The van der Waals surface area contributed by atoms with E-state index in [9.17, 15) is 10.2 Å². The van der Waals surface area contributed by atoms with E-state index in [0.717, 1.165) is 39.1 Å². The van der Waals surface area contributed by atoms with Gasteiger partial charge in [0.2, 0.25) is 0 Å². The minimum absolute atomic E-state index is 0.105. The highest BCUT2D eigenvalue weighted by atomic mass is 16.5. The molecule has 1 heterocycles. The molecule has 0 radical (unpaired) electrons. The van der Waals surface area contributed by atoms with Crippen molar-refractivity contribution >= 4 is 0 Å². The van der Waals surface area contributed by atoms with Gasteiger partial charge >= 0.3 is 0 Å².